The van der Waals surface area contributed by atoms with E-state index in [0.29, 0.717) is 16.8 Å². The van der Waals surface area contributed by atoms with Crippen molar-refractivity contribution in [3.05, 3.63) is 101 Å². The quantitative estimate of drug-likeness (QED) is 0.471. The van der Waals surface area contributed by atoms with E-state index in [1.54, 1.807) is 39.0 Å². The predicted octanol–water partition coefficient (Wildman–Crippen LogP) is 6.56. The lowest BCUT2D eigenvalue weighted by Gasteiger charge is -2.28. The van der Waals surface area contributed by atoms with Gasteiger partial charge in [-0.25, -0.2) is 0 Å². The average Bonchev–Trinajstić information content (AvgIpc) is 2.74. The van der Waals surface area contributed by atoms with Gasteiger partial charge in [-0.3, -0.25) is 4.79 Å². The molecule has 0 aliphatic carbocycles. The highest BCUT2D eigenvalue weighted by Crippen LogP contribution is 2.41. The van der Waals surface area contributed by atoms with Crippen molar-refractivity contribution in [2.24, 2.45) is 5.41 Å². The zero-order valence-corrected chi connectivity index (χ0v) is 18.1. The summed E-state index contributed by atoms with van der Waals surface area (Å²) in [6.45, 7) is 5.41. The third-order valence-electron chi connectivity index (χ3n) is 5.28. The highest BCUT2D eigenvalue weighted by Gasteiger charge is 2.32. The van der Waals surface area contributed by atoms with Gasteiger partial charge < -0.3 is 10.4 Å². The van der Waals surface area contributed by atoms with Crippen LogP contribution in [0.1, 0.15) is 55.0 Å². The number of alkyl halides is 3. The van der Waals surface area contributed by atoms with E-state index in [4.69, 9.17) is 0 Å². The van der Waals surface area contributed by atoms with Crippen LogP contribution in [0.25, 0.3) is 0 Å². The van der Waals surface area contributed by atoms with Gasteiger partial charge >= 0.3 is 6.18 Å². The number of rotatable bonds is 5. The summed E-state index contributed by atoms with van der Waals surface area (Å²) < 4.78 is 38.9. The Labute approximate surface area is 185 Å². The van der Waals surface area contributed by atoms with Crippen molar-refractivity contribution in [2.75, 3.05) is 5.32 Å². The number of anilines is 1. The highest BCUT2D eigenvalue weighted by molar-refractivity contribution is 5.95. The van der Waals surface area contributed by atoms with E-state index in [-0.39, 0.29) is 5.91 Å². The van der Waals surface area contributed by atoms with Crippen LogP contribution in [-0.4, -0.2) is 11.0 Å². The van der Waals surface area contributed by atoms with E-state index < -0.39 is 29.2 Å². The van der Waals surface area contributed by atoms with Crippen LogP contribution < -0.4 is 5.32 Å². The van der Waals surface area contributed by atoms with Crippen molar-refractivity contribution in [3.8, 4) is 0 Å². The standard InChI is InChI=1S/C26H26F3NO2/c1-25(2,3)24(32)30-21-12-8-7-11-20(21)22(17-9-5-4-6-10-17)23(31)18-13-15-19(16-14-18)26(27,28)29/h4-16,22-23,31H,1-3H3,(H,30,32)/t22-,23-/m1/s1. The van der Waals surface area contributed by atoms with E-state index in [0.717, 1.165) is 17.7 Å². The van der Waals surface area contributed by atoms with E-state index in [9.17, 15) is 23.1 Å². The third kappa shape index (κ3) is 5.37. The number of hydrogen-bond acceptors (Lipinski definition) is 2. The topological polar surface area (TPSA) is 49.3 Å². The lowest BCUT2D eigenvalue weighted by atomic mass is 9.82. The highest BCUT2D eigenvalue weighted by atomic mass is 19.4. The molecule has 0 aliphatic heterocycles. The number of aliphatic hydroxyl groups excluding tert-OH is 1. The minimum Gasteiger partial charge on any atom is -0.387 e. The second kappa shape index (κ2) is 9.17. The first kappa shape index (κ1) is 23.5. The van der Waals surface area contributed by atoms with Gasteiger partial charge in [0.15, 0.2) is 0 Å². The van der Waals surface area contributed by atoms with E-state index in [1.807, 2.05) is 36.4 Å². The molecular weight excluding hydrogens is 415 g/mol. The molecule has 0 saturated carbocycles. The summed E-state index contributed by atoms with van der Waals surface area (Å²) in [7, 11) is 0. The maximum atomic E-state index is 13.0. The second-order valence-electron chi connectivity index (χ2n) is 8.74. The van der Waals surface area contributed by atoms with Crippen molar-refractivity contribution < 1.29 is 23.1 Å². The van der Waals surface area contributed by atoms with Crippen molar-refractivity contribution >= 4 is 11.6 Å². The van der Waals surface area contributed by atoms with Crippen molar-refractivity contribution in [2.45, 2.75) is 39.0 Å². The smallest absolute Gasteiger partial charge is 0.387 e. The Hall–Kier alpha value is -3.12. The Bertz CT molecular complexity index is 1050. The van der Waals surface area contributed by atoms with Gasteiger partial charge in [-0.15, -0.1) is 0 Å². The normalized spacial score (nSPS) is 14.0. The number of carbonyl (C=O) groups excluding carboxylic acids is 1. The van der Waals surface area contributed by atoms with Gasteiger partial charge in [0.2, 0.25) is 5.91 Å². The lowest BCUT2D eigenvalue weighted by Crippen LogP contribution is -2.28. The molecule has 0 bridgehead atoms. The largest absolute Gasteiger partial charge is 0.416 e. The van der Waals surface area contributed by atoms with Gasteiger partial charge in [0.05, 0.1) is 11.7 Å². The van der Waals surface area contributed by atoms with Crippen molar-refractivity contribution in [1.29, 1.82) is 0 Å². The average molecular weight is 441 g/mol. The number of hydrogen-bond donors (Lipinski definition) is 2. The van der Waals surface area contributed by atoms with E-state index >= 15 is 0 Å². The van der Waals surface area contributed by atoms with E-state index in [2.05, 4.69) is 5.32 Å². The maximum Gasteiger partial charge on any atom is 0.416 e. The second-order valence-corrected chi connectivity index (χ2v) is 8.74. The number of aliphatic hydroxyl groups is 1. The van der Waals surface area contributed by atoms with Crippen LogP contribution in [0.15, 0.2) is 78.9 Å². The van der Waals surface area contributed by atoms with Crippen LogP contribution in [0.4, 0.5) is 18.9 Å². The first-order chi connectivity index (χ1) is 15.0. The Morgan fingerprint density at radius 1 is 0.812 bits per heavy atom. The van der Waals surface area contributed by atoms with E-state index in [1.165, 1.54) is 12.1 Å². The molecule has 0 heterocycles. The molecule has 3 aromatic carbocycles. The third-order valence-corrected chi connectivity index (χ3v) is 5.28. The number of benzene rings is 3. The summed E-state index contributed by atoms with van der Waals surface area (Å²) in [6.07, 6.45) is -5.58. The number of amides is 1. The summed E-state index contributed by atoms with van der Waals surface area (Å²) in [6, 6.07) is 20.9. The lowest BCUT2D eigenvalue weighted by molar-refractivity contribution is -0.137. The van der Waals surface area contributed by atoms with Gasteiger partial charge in [0.25, 0.3) is 0 Å². The molecular formula is C26H26F3NO2. The predicted molar refractivity (Wildman–Crippen MR) is 119 cm³/mol. The van der Waals surface area contributed by atoms with Crippen LogP contribution >= 0.6 is 0 Å². The Kier molecular flexibility index (Phi) is 6.74. The van der Waals surface area contributed by atoms with Gasteiger partial charge in [0.1, 0.15) is 0 Å². The summed E-state index contributed by atoms with van der Waals surface area (Å²) in [5.74, 6) is -0.787. The fourth-order valence-corrected chi connectivity index (χ4v) is 3.45. The Morgan fingerprint density at radius 2 is 1.38 bits per heavy atom. The first-order valence-corrected chi connectivity index (χ1v) is 10.3. The molecule has 2 N–H and O–H groups in total. The zero-order chi connectivity index (χ0) is 23.5. The summed E-state index contributed by atoms with van der Waals surface area (Å²) >= 11 is 0. The number of carbonyl (C=O) groups is 1. The molecule has 3 nitrogen and oxygen atoms in total. The Morgan fingerprint density at radius 3 is 1.94 bits per heavy atom. The van der Waals surface area contributed by atoms with Crippen molar-refractivity contribution in [3.63, 3.8) is 0 Å². The maximum absolute atomic E-state index is 13.0. The molecule has 0 fully saturated rings. The molecule has 0 aliphatic rings. The van der Waals surface area contributed by atoms with Crippen LogP contribution in [0, 0.1) is 5.41 Å². The molecule has 0 radical (unpaired) electrons. The van der Waals surface area contributed by atoms with Crippen LogP contribution in [-0.2, 0) is 11.0 Å². The molecule has 3 aromatic rings. The van der Waals surface area contributed by atoms with Crippen LogP contribution in [0.5, 0.6) is 0 Å². The van der Waals surface area contributed by atoms with Gasteiger partial charge in [-0.1, -0.05) is 81.4 Å². The minimum atomic E-state index is -4.45. The minimum absolute atomic E-state index is 0.180. The van der Waals surface area contributed by atoms with Gasteiger partial charge in [-0.05, 0) is 34.9 Å². The van der Waals surface area contributed by atoms with Crippen LogP contribution in [0.2, 0.25) is 0 Å². The molecule has 2 atom stereocenters. The number of halogens is 3. The number of para-hydroxylation sites is 1. The van der Waals surface area contributed by atoms with Gasteiger partial charge in [-0.2, -0.15) is 13.2 Å². The van der Waals surface area contributed by atoms with Crippen molar-refractivity contribution in [1.82, 2.24) is 0 Å². The molecule has 0 spiro atoms. The van der Waals surface area contributed by atoms with Crippen LogP contribution in [0.3, 0.4) is 0 Å². The molecule has 168 valence electrons. The summed E-state index contributed by atoms with van der Waals surface area (Å²) in [4.78, 5) is 12.6. The monoisotopic (exact) mass is 441 g/mol. The SMILES string of the molecule is CC(C)(C)C(=O)Nc1ccccc1[C@@H](c1ccccc1)[C@H](O)c1ccc(C(F)(F)F)cc1. The number of nitrogens with one attached hydrogen (secondary N) is 1. The van der Waals surface area contributed by atoms with Gasteiger partial charge in [0, 0.05) is 17.0 Å². The molecule has 0 aromatic heterocycles. The summed E-state index contributed by atoms with van der Waals surface area (Å²) in [5.41, 5.74) is 0.946. The first-order valence-electron chi connectivity index (χ1n) is 10.3. The molecule has 0 unspecified atom stereocenters. The fourth-order valence-electron chi connectivity index (χ4n) is 3.45. The molecule has 3 rings (SSSR count). The fraction of sp³-hybridized carbons (Fsp3) is 0.269. The molecule has 0 saturated heterocycles. The molecule has 1 amide bonds. The molecule has 6 heteroatoms. The molecule has 32 heavy (non-hydrogen) atoms. The zero-order valence-electron chi connectivity index (χ0n) is 18.1. The Balaban J connectivity index is 2.06. The summed E-state index contributed by atoms with van der Waals surface area (Å²) in [5, 5.41) is 14.2.